The number of benzene rings is 2. The van der Waals surface area contributed by atoms with Crippen LogP contribution in [0.25, 0.3) is 11.4 Å². The molecule has 2 N–H and O–H groups in total. The van der Waals surface area contributed by atoms with E-state index >= 15 is 0 Å². The molecule has 63 heavy (non-hydrogen) atoms. The molecule has 7 rings (SSSR count). The summed E-state index contributed by atoms with van der Waals surface area (Å²) in [5, 5.41) is 17.5. The molecule has 330 valence electrons. The van der Waals surface area contributed by atoms with Gasteiger partial charge in [0.15, 0.2) is 11.4 Å². The molecule has 17 nitrogen and oxygen atoms in total. The van der Waals surface area contributed by atoms with E-state index in [-0.39, 0.29) is 25.5 Å². The predicted molar refractivity (Wildman–Crippen MR) is 232 cm³/mol. The van der Waals surface area contributed by atoms with Gasteiger partial charge in [0, 0.05) is 42.4 Å². The fourth-order valence-corrected chi connectivity index (χ4v) is 5.41. The second-order valence-corrected chi connectivity index (χ2v) is 14.5. The third-order valence-corrected chi connectivity index (χ3v) is 8.56. The van der Waals surface area contributed by atoms with Crippen molar-refractivity contribution >= 4 is 22.1 Å². The number of hydrogen-bond acceptors (Lipinski definition) is 15. The van der Waals surface area contributed by atoms with Crippen LogP contribution in [0.3, 0.4) is 0 Å². The number of aliphatic hydroxyl groups is 2. The van der Waals surface area contributed by atoms with Crippen molar-refractivity contribution < 1.29 is 46.6 Å². The van der Waals surface area contributed by atoms with E-state index < -0.39 is 22.1 Å². The summed E-state index contributed by atoms with van der Waals surface area (Å²) in [7, 11) is -3.36. The average molecular weight is 880 g/mol. The number of esters is 2. The molecule has 0 aliphatic heterocycles. The molecule has 5 heterocycles. The molecule has 0 aliphatic carbocycles. The van der Waals surface area contributed by atoms with Gasteiger partial charge in [-0.2, -0.15) is 8.42 Å². The maximum atomic E-state index is 11.7. The highest BCUT2D eigenvalue weighted by atomic mass is 32.2. The number of hydrogen-bond donors (Lipinski definition) is 2. The molecular formula is C45H49N7O10S. The molecule has 0 amide bonds. The second-order valence-electron chi connectivity index (χ2n) is 12.9. The van der Waals surface area contributed by atoms with Gasteiger partial charge in [-0.05, 0) is 85.6 Å². The minimum atomic E-state index is -3.36. The molecule has 0 saturated heterocycles. The predicted octanol–water partition coefficient (Wildman–Crippen LogP) is 5.83. The van der Waals surface area contributed by atoms with Gasteiger partial charge in [-0.1, -0.05) is 42.5 Å². The minimum absolute atomic E-state index is 0.000324. The van der Waals surface area contributed by atoms with E-state index in [0.717, 1.165) is 34.5 Å². The van der Waals surface area contributed by atoms with Crippen LogP contribution in [0.1, 0.15) is 63.0 Å². The number of carbonyl (C=O) groups is 2. The van der Waals surface area contributed by atoms with Gasteiger partial charge in [-0.15, -0.1) is 0 Å². The maximum absolute atomic E-state index is 11.7. The first-order valence-corrected chi connectivity index (χ1v) is 21.3. The van der Waals surface area contributed by atoms with E-state index in [9.17, 15) is 18.0 Å². The summed E-state index contributed by atoms with van der Waals surface area (Å²) < 4.78 is 44.7. The van der Waals surface area contributed by atoms with Crippen LogP contribution >= 0.6 is 0 Å². The van der Waals surface area contributed by atoms with Crippen LogP contribution in [-0.2, 0) is 61.5 Å². The lowest BCUT2D eigenvalue weighted by Crippen LogP contribution is -2.04. The smallest absolute Gasteiger partial charge is 0.358 e. The summed E-state index contributed by atoms with van der Waals surface area (Å²) in [6, 6.07) is 31.6. The van der Waals surface area contributed by atoms with Crippen LogP contribution in [0.5, 0.6) is 0 Å². The van der Waals surface area contributed by atoms with Gasteiger partial charge in [0.1, 0.15) is 19.3 Å². The van der Waals surface area contributed by atoms with Crippen LogP contribution in [-0.4, -0.2) is 84.1 Å². The van der Waals surface area contributed by atoms with Crippen molar-refractivity contribution in [3.63, 3.8) is 0 Å². The van der Waals surface area contributed by atoms with Gasteiger partial charge in [-0.25, -0.2) is 19.6 Å². The first-order chi connectivity index (χ1) is 30.5. The van der Waals surface area contributed by atoms with E-state index in [0.29, 0.717) is 43.5 Å². The SMILES string of the molecule is CCOC(=O)c1cn(-c2cccc(CO)c2)cn1.CCOC(=O)c1cn(-c2cccc(COCc3ccccn3)c2)cn1.CS(=O)(=O)OCc1ccccn1.OCc1ccccn1. The van der Waals surface area contributed by atoms with E-state index in [4.69, 9.17) is 24.4 Å². The molecule has 0 radical (unpaired) electrons. The molecule has 18 heteroatoms. The first-order valence-electron chi connectivity index (χ1n) is 19.5. The topological polar surface area (TPSA) is 220 Å². The normalized spacial score (nSPS) is 10.5. The van der Waals surface area contributed by atoms with Gasteiger partial charge in [0.05, 0.1) is 63.0 Å². The molecule has 0 unspecified atom stereocenters. The van der Waals surface area contributed by atoms with Crippen LogP contribution in [0, 0.1) is 0 Å². The van der Waals surface area contributed by atoms with Crippen molar-refractivity contribution in [3.8, 4) is 11.4 Å². The number of imidazole rings is 2. The second kappa shape index (κ2) is 26.4. The Morgan fingerprint density at radius 3 is 1.48 bits per heavy atom. The Morgan fingerprint density at radius 1 is 0.571 bits per heavy atom. The van der Waals surface area contributed by atoms with Gasteiger partial charge >= 0.3 is 11.9 Å². The first kappa shape index (κ1) is 48.7. The van der Waals surface area contributed by atoms with Crippen molar-refractivity contribution in [2.45, 2.75) is 46.9 Å². The molecule has 0 saturated carbocycles. The summed E-state index contributed by atoms with van der Waals surface area (Å²) in [6.45, 7) is 5.12. The number of carbonyl (C=O) groups excluding carboxylic acids is 2. The molecule has 0 bridgehead atoms. The lowest BCUT2D eigenvalue weighted by atomic mass is 10.2. The van der Waals surface area contributed by atoms with Crippen LogP contribution < -0.4 is 0 Å². The zero-order valence-electron chi connectivity index (χ0n) is 35.0. The van der Waals surface area contributed by atoms with E-state index in [1.807, 2.05) is 78.9 Å². The minimum Gasteiger partial charge on any atom is -0.461 e. The molecule has 5 aromatic heterocycles. The van der Waals surface area contributed by atoms with Crippen LogP contribution in [0.2, 0.25) is 0 Å². The number of aromatic nitrogens is 7. The van der Waals surface area contributed by atoms with Crippen molar-refractivity contribution in [1.82, 2.24) is 34.1 Å². The largest absolute Gasteiger partial charge is 0.461 e. The average Bonchev–Trinajstić information content (AvgIpc) is 4.03. The van der Waals surface area contributed by atoms with Gasteiger partial charge in [0.2, 0.25) is 0 Å². The van der Waals surface area contributed by atoms with Gasteiger partial charge < -0.3 is 33.6 Å². The molecule has 2 aromatic carbocycles. The quantitative estimate of drug-likeness (QED) is 0.0914. The highest BCUT2D eigenvalue weighted by Gasteiger charge is 2.12. The third kappa shape index (κ3) is 17.9. The van der Waals surface area contributed by atoms with Gasteiger partial charge in [0.25, 0.3) is 10.1 Å². The van der Waals surface area contributed by atoms with E-state index in [1.165, 1.54) is 0 Å². The fraction of sp³-hybridized carbons (Fsp3) is 0.222. The van der Waals surface area contributed by atoms with Crippen molar-refractivity contribution in [3.05, 3.63) is 186 Å². The standard InChI is InChI=1S/C19H19N3O3.C13H14N2O3.C7H9NO3S.C6H7NO/c1-2-25-19(23)18-11-22(14-21-18)17-8-5-6-15(10-17)12-24-13-16-7-3-4-9-20-16;1-2-18-13(17)12-7-15(9-14-12)11-5-3-4-10(6-11)8-16;1-12(9,10)11-6-7-4-2-3-5-8-7;8-5-6-3-1-2-4-7-6/h3-11,14H,2,12-13H2,1H3;3-7,9,16H,2,8H2,1H3;2-5H,6H2,1H3;1-4,8H,5H2. The number of nitrogens with zero attached hydrogens (tertiary/aromatic N) is 7. The molecule has 0 atom stereocenters. The molecule has 0 aliphatic rings. The Hall–Kier alpha value is -6.96. The van der Waals surface area contributed by atoms with Crippen LogP contribution in [0.4, 0.5) is 0 Å². The third-order valence-electron chi connectivity index (χ3n) is 8.01. The Labute approximate surface area is 365 Å². The summed E-state index contributed by atoms with van der Waals surface area (Å²) in [4.78, 5) is 43.2. The van der Waals surface area contributed by atoms with Crippen LogP contribution in [0.15, 0.2) is 147 Å². The zero-order valence-corrected chi connectivity index (χ0v) is 35.8. The summed E-state index contributed by atoms with van der Waals surface area (Å²) in [5.74, 6) is -0.856. The fourth-order valence-electron chi connectivity index (χ4n) is 5.07. The van der Waals surface area contributed by atoms with E-state index in [1.54, 1.807) is 90.9 Å². The number of aliphatic hydroxyl groups excluding tert-OH is 2. The lowest BCUT2D eigenvalue weighted by molar-refractivity contribution is 0.0510. The van der Waals surface area contributed by atoms with Crippen molar-refractivity contribution in [2.24, 2.45) is 0 Å². The number of rotatable bonds is 15. The molecule has 0 fully saturated rings. The number of ether oxygens (including phenoxy) is 3. The number of pyridine rings is 3. The van der Waals surface area contributed by atoms with Gasteiger partial charge in [-0.3, -0.25) is 19.1 Å². The summed E-state index contributed by atoms with van der Waals surface area (Å²) in [6.07, 6.45) is 12.4. The lowest BCUT2D eigenvalue weighted by Gasteiger charge is -2.07. The zero-order chi connectivity index (χ0) is 45.3. The Morgan fingerprint density at radius 2 is 1.05 bits per heavy atom. The molecular weight excluding hydrogens is 831 g/mol. The highest BCUT2D eigenvalue weighted by Crippen LogP contribution is 2.14. The summed E-state index contributed by atoms with van der Waals surface area (Å²) >= 11 is 0. The summed E-state index contributed by atoms with van der Waals surface area (Å²) in [5.41, 5.74) is 6.35. The highest BCUT2D eigenvalue weighted by molar-refractivity contribution is 7.85. The molecule has 0 spiro atoms. The van der Waals surface area contributed by atoms with Crippen molar-refractivity contribution in [2.75, 3.05) is 19.5 Å². The Kier molecular flexibility index (Phi) is 20.4. The Bertz CT molecular complexity index is 2520. The maximum Gasteiger partial charge on any atom is 0.358 e. The Balaban J connectivity index is 0.000000200. The van der Waals surface area contributed by atoms with E-state index in [2.05, 4.69) is 29.1 Å². The van der Waals surface area contributed by atoms with Crippen molar-refractivity contribution in [1.29, 1.82) is 0 Å². The monoisotopic (exact) mass is 879 g/mol. The molecule has 7 aromatic rings.